The highest BCUT2D eigenvalue weighted by Crippen LogP contribution is 2.35. The topological polar surface area (TPSA) is 122 Å². The van der Waals surface area contributed by atoms with Crippen LogP contribution in [-0.4, -0.2) is 49.0 Å². The number of nitrogens with one attached hydrogen (secondary N) is 2. The van der Waals surface area contributed by atoms with Crippen LogP contribution in [0.5, 0.6) is 0 Å². The number of hydrogen-bond acceptors (Lipinski definition) is 7. The van der Waals surface area contributed by atoms with Crippen molar-refractivity contribution in [3.63, 3.8) is 0 Å². The SMILES string of the molecule is Cc1noc(C)c1-c1ccc(NC2CCS(=O)(=O)CC2)c(NC(=O)[C@@H]2CCC(=O)N2c2ccccc2)c1. The van der Waals surface area contributed by atoms with Crippen molar-refractivity contribution in [2.24, 2.45) is 0 Å². The number of nitrogens with zero attached hydrogens (tertiary/aromatic N) is 2. The average molecular weight is 523 g/mol. The van der Waals surface area contributed by atoms with Gasteiger partial charge in [0.25, 0.3) is 0 Å². The van der Waals surface area contributed by atoms with E-state index in [4.69, 9.17) is 4.52 Å². The number of aromatic nitrogens is 1. The summed E-state index contributed by atoms with van der Waals surface area (Å²) in [5.74, 6) is 0.585. The van der Waals surface area contributed by atoms with Crippen molar-refractivity contribution in [3.8, 4) is 11.1 Å². The van der Waals surface area contributed by atoms with Gasteiger partial charge in [-0.3, -0.25) is 14.5 Å². The van der Waals surface area contributed by atoms with Crippen molar-refractivity contribution in [1.82, 2.24) is 5.16 Å². The molecule has 3 heterocycles. The summed E-state index contributed by atoms with van der Waals surface area (Å²) in [5, 5.41) is 10.5. The first-order chi connectivity index (χ1) is 17.7. The predicted molar refractivity (Wildman–Crippen MR) is 142 cm³/mol. The fourth-order valence-electron chi connectivity index (χ4n) is 5.14. The fraction of sp³-hybridized carbons (Fsp3) is 0.370. The molecule has 2 N–H and O–H groups in total. The van der Waals surface area contributed by atoms with Crippen LogP contribution >= 0.6 is 0 Å². The van der Waals surface area contributed by atoms with Gasteiger partial charge in [-0.2, -0.15) is 0 Å². The summed E-state index contributed by atoms with van der Waals surface area (Å²) in [6.45, 7) is 3.70. The number of rotatable bonds is 6. The minimum Gasteiger partial charge on any atom is -0.381 e. The average Bonchev–Trinajstić information content (AvgIpc) is 3.43. The lowest BCUT2D eigenvalue weighted by atomic mass is 10.0. The van der Waals surface area contributed by atoms with Crippen LogP contribution in [0.25, 0.3) is 11.1 Å². The third-order valence-corrected chi connectivity index (χ3v) is 8.78. The van der Waals surface area contributed by atoms with Gasteiger partial charge >= 0.3 is 0 Å². The third-order valence-electron chi connectivity index (χ3n) is 7.06. The largest absolute Gasteiger partial charge is 0.381 e. The van der Waals surface area contributed by atoms with Crippen molar-refractivity contribution < 1.29 is 22.5 Å². The maximum atomic E-state index is 13.6. The second kappa shape index (κ2) is 10.0. The van der Waals surface area contributed by atoms with Gasteiger partial charge in [-0.15, -0.1) is 0 Å². The molecule has 2 amide bonds. The number of amides is 2. The maximum absolute atomic E-state index is 13.6. The Morgan fingerprint density at radius 2 is 1.76 bits per heavy atom. The van der Waals surface area contributed by atoms with Crippen LogP contribution in [0.15, 0.2) is 53.1 Å². The van der Waals surface area contributed by atoms with Crippen molar-refractivity contribution >= 4 is 38.7 Å². The van der Waals surface area contributed by atoms with E-state index in [1.165, 1.54) is 0 Å². The first kappa shape index (κ1) is 25.0. The molecule has 5 rings (SSSR count). The van der Waals surface area contributed by atoms with E-state index in [-0.39, 0.29) is 29.4 Å². The van der Waals surface area contributed by atoms with E-state index in [1.807, 2.05) is 62.4 Å². The van der Waals surface area contributed by atoms with Gasteiger partial charge in [-0.25, -0.2) is 8.42 Å². The van der Waals surface area contributed by atoms with Crippen LogP contribution in [0.2, 0.25) is 0 Å². The molecule has 9 nitrogen and oxygen atoms in total. The Hall–Kier alpha value is -3.66. The van der Waals surface area contributed by atoms with Crippen LogP contribution in [0.3, 0.4) is 0 Å². The molecule has 0 spiro atoms. The van der Waals surface area contributed by atoms with Gasteiger partial charge in [0.1, 0.15) is 21.6 Å². The Balaban J connectivity index is 1.45. The molecule has 3 aromatic rings. The number of para-hydroxylation sites is 1. The zero-order chi connectivity index (χ0) is 26.2. The quantitative estimate of drug-likeness (QED) is 0.500. The monoisotopic (exact) mass is 522 g/mol. The number of hydrogen-bond donors (Lipinski definition) is 2. The first-order valence-corrected chi connectivity index (χ1v) is 14.3. The molecule has 2 aromatic carbocycles. The summed E-state index contributed by atoms with van der Waals surface area (Å²) in [7, 11) is -3.00. The molecule has 1 atom stereocenters. The van der Waals surface area contributed by atoms with Crippen molar-refractivity contribution in [3.05, 3.63) is 60.0 Å². The molecule has 2 aliphatic rings. The van der Waals surface area contributed by atoms with E-state index < -0.39 is 15.9 Å². The molecule has 0 unspecified atom stereocenters. The Kier molecular flexibility index (Phi) is 6.76. The third kappa shape index (κ3) is 5.24. The Morgan fingerprint density at radius 3 is 2.43 bits per heavy atom. The zero-order valence-electron chi connectivity index (χ0n) is 20.9. The minimum absolute atomic E-state index is 0.0297. The summed E-state index contributed by atoms with van der Waals surface area (Å²) in [6.07, 6.45) is 1.72. The molecule has 1 aromatic heterocycles. The van der Waals surface area contributed by atoms with E-state index in [0.717, 1.165) is 16.8 Å². The Morgan fingerprint density at radius 1 is 1.03 bits per heavy atom. The molecule has 194 valence electrons. The van der Waals surface area contributed by atoms with Gasteiger partial charge in [0.2, 0.25) is 11.8 Å². The van der Waals surface area contributed by atoms with Gasteiger partial charge in [0.15, 0.2) is 0 Å². The molecule has 37 heavy (non-hydrogen) atoms. The molecule has 0 bridgehead atoms. The molecule has 2 aliphatic heterocycles. The molecule has 0 radical (unpaired) electrons. The van der Waals surface area contributed by atoms with Crippen LogP contribution in [0, 0.1) is 13.8 Å². The Bertz CT molecular complexity index is 1400. The van der Waals surface area contributed by atoms with E-state index in [2.05, 4.69) is 15.8 Å². The molecule has 10 heteroatoms. The molecular formula is C27H30N4O5S. The second-order valence-corrected chi connectivity index (χ2v) is 12.0. The van der Waals surface area contributed by atoms with Gasteiger partial charge < -0.3 is 15.2 Å². The lowest BCUT2D eigenvalue weighted by molar-refractivity contribution is -0.120. The number of carbonyl (C=O) groups excluding carboxylic acids is 2. The number of carbonyl (C=O) groups is 2. The van der Waals surface area contributed by atoms with Crippen molar-refractivity contribution in [2.45, 2.75) is 51.6 Å². The normalized spacial score (nSPS) is 19.7. The van der Waals surface area contributed by atoms with Crippen LogP contribution < -0.4 is 15.5 Å². The first-order valence-electron chi connectivity index (χ1n) is 12.4. The van der Waals surface area contributed by atoms with Gasteiger partial charge in [-0.1, -0.05) is 29.4 Å². The second-order valence-electron chi connectivity index (χ2n) is 9.67. The van der Waals surface area contributed by atoms with Crippen molar-refractivity contribution in [2.75, 3.05) is 27.0 Å². The smallest absolute Gasteiger partial charge is 0.247 e. The molecule has 0 saturated carbocycles. The van der Waals surface area contributed by atoms with Crippen LogP contribution in [0.4, 0.5) is 17.1 Å². The maximum Gasteiger partial charge on any atom is 0.247 e. The summed E-state index contributed by atoms with van der Waals surface area (Å²) < 4.78 is 29.1. The van der Waals surface area contributed by atoms with Crippen LogP contribution in [-0.2, 0) is 19.4 Å². The van der Waals surface area contributed by atoms with Crippen molar-refractivity contribution in [1.29, 1.82) is 0 Å². The number of anilines is 3. The van der Waals surface area contributed by atoms with Gasteiger partial charge in [-0.05, 0) is 62.9 Å². The highest BCUT2D eigenvalue weighted by atomic mass is 32.2. The summed E-state index contributed by atoms with van der Waals surface area (Å²) in [6, 6.07) is 14.2. The fourth-order valence-corrected chi connectivity index (χ4v) is 6.63. The Labute approximate surface area is 216 Å². The summed E-state index contributed by atoms with van der Waals surface area (Å²) in [4.78, 5) is 27.8. The number of benzene rings is 2. The summed E-state index contributed by atoms with van der Waals surface area (Å²) >= 11 is 0. The lowest BCUT2D eigenvalue weighted by Crippen LogP contribution is -2.42. The van der Waals surface area contributed by atoms with Gasteiger partial charge in [0, 0.05) is 23.7 Å². The number of aryl methyl sites for hydroxylation is 2. The standard InChI is InChI=1S/C27H30N4O5S/c1-17-26(18(2)36-30-17)19-8-9-22(28-20-12-14-37(34,35)15-13-20)23(16-19)29-27(33)24-10-11-25(32)31(24)21-6-4-3-5-7-21/h3-9,16,20,24,28H,10-15H2,1-2H3,(H,29,33)/t24-/m0/s1. The molecular weight excluding hydrogens is 492 g/mol. The predicted octanol–water partition coefficient (Wildman–Crippen LogP) is 4.08. The minimum atomic E-state index is -3.00. The van der Waals surface area contributed by atoms with E-state index in [1.54, 1.807) is 4.90 Å². The molecule has 2 fully saturated rings. The van der Waals surface area contributed by atoms with Crippen LogP contribution in [0.1, 0.15) is 37.1 Å². The van der Waals surface area contributed by atoms with E-state index >= 15 is 0 Å². The zero-order valence-corrected chi connectivity index (χ0v) is 21.7. The number of sulfone groups is 1. The van der Waals surface area contributed by atoms with Gasteiger partial charge in [0.05, 0.1) is 28.6 Å². The van der Waals surface area contributed by atoms with E-state index in [0.29, 0.717) is 48.5 Å². The lowest BCUT2D eigenvalue weighted by Gasteiger charge is -2.27. The highest BCUT2D eigenvalue weighted by Gasteiger charge is 2.37. The summed E-state index contributed by atoms with van der Waals surface area (Å²) in [5.41, 5.74) is 4.38. The molecule has 2 saturated heterocycles. The highest BCUT2D eigenvalue weighted by molar-refractivity contribution is 7.91. The van der Waals surface area contributed by atoms with E-state index in [9.17, 15) is 18.0 Å². The molecule has 0 aliphatic carbocycles.